The lowest BCUT2D eigenvalue weighted by Gasteiger charge is -2.19. The van der Waals surface area contributed by atoms with E-state index in [0.29, 0.717) is 25.4 Å². The summed E-state index contributed by atoms with van der Waals surface area (Å²) in [5.41, 5.74) is 8.72. The van der Waals surface area contributed by atoms with Gasteiger partial charge in [-0.2, -0.15) is 0 Å². The molecular formula is C17H21N5O2. The lowest BCUT2D eigenvalue weighted by atomic mass is 10.0. The minimum absolute atomic E-state index is 0.0658. The largest absolute Gasteiger partial charge is 0.492 e. The van der Waals surface area contributed by atoms with Crippen LogP contribution in [0.2, 0.25) is 0 Å². The first-order valence-corrected chi connectivity index (χ1v) is 8.26. The van der Waals surface area contributed by atoms with E-state index in [0.717, 1.165) is 29.8 Å². The fraction of sp³-hybridized carbons (Fsp3) is 0.471. The Bertz CT molecular complexity index is 772. The molecule has 0 unspecified atom stereocenters. The number of likely N-dealkylation sites (tertiary alicyclic amines) is 1. The number of fused-ring (bicyclic) bond motifs is 1. The van der Waals surface area contributed by atoms with Gasteiger partial charge in [-0.1, -0.05) is 0 Å². The summed E-state index contributed by atoms with van der Waals surface area (Å²) in [6.07, 6.45) is 7.29. The third kappa shape index (κ3) is 2.65. The Hall–Kier alpha value is -2.41. The Balaban J connectivity index is 1.53. The quantitative estimate of drug-likeness (QED) is 0.878. The third-order valence-corrected chi connectivity index (χ3v) is 4.77. The molecule has 4 rings (SSSR count). The van der Waals surface area contributed by atoms with Gasteiger partial charge in [0.2, 0.25) is 0 Å². The highest BCUT2D eigenvalue weighted by Crippen LogP contribution is 2.28. The number of hydrogen-bond acceptors (Lipinski definition) is 5. The molecule has 0 aliphatic carbocycles. The Morgan fingerprint density at radius 2 is 2.25 bits per heavy atom. The zero-order chi connectivity index (χ0) is 16.7. The second-order valence-electron chi connectivity index (χ2n) is 6.57. The number of nitrogens with zero attached hydrogens (tertiary/aromatic N) is 4. The van der Waals surface area contributed by atoms with Gasteiger partial charge in [0.1, 0.15) is 11.4 Å². The van der Waals surface area contributed by atoms with Gasteiger partial charge in [0, 0.05) is 38.3 Å². The minimum atomic E-state index is -0.107. The number of imidazole rings is 1. The number of hydrogen-bond donors (Lipinski definition) is 1. The summed E-state index contributed by atoms with van der Waals surface area (Å²) in [5, 5.41) is 0. The highest BCUT2D eigenvalue weighted by Gasteiger charge is 2.36. The zero-order valence-electron chi connectivity index (χ0n) is 13.7. The number of pyridine rings is 1. The van der Waals surface area contributed by atoms with Crippen molar-refractivity contribution in [3.8, 4) is 5.75 Å². The number of aryl methyl sites for hydroxylation is 2. The van der Waals surface area contributed by atoms with Gasteiger partial charge in [-0.3, -0.25) is 4.79 Å². The number of nitrogens with two attached hydrogens (primary N) is 1. The van der Waals surface area contributed by atoms with Gasteiger partial charge in [0.05, 0.1) is 24.8 Å². The number of aromatic nitrogens is 3. The first-order valence-electron chi connectivity index (χ1n) is 8.26. The highest BCUT2D eigenvalue weighted by atomic mass is 16.5. The lowest BCUT2D eigenvalue weighted by Crippen LogP contribution is -2.32. The lowest BCUT2D eigenvalue weighted by molar-refractivity contribution is 0.0783. The Kier molecular flexibility index (Phi) is 3.72. The molecule has 2 aromatic heterocycles. The maximum Gasteiger partial charge on any atom is 0.272 e. The van der Waals surface area contributed by atoms with Crippen molar-refractivity contribution in [3.05, 3.63) is 41.7 Å². The maximum atomic E-state index is 12.8. The number of carbonyl (C=O) groups excluding carboxylic acids is 1. The zero-order valence-corrected chi connectivity index (χ0v) is 13.7. The number of carbonyl (C=O) groups is 1. The van der Waals surface area contributed by atoms with Crippen molar-refractivity contribution in [3.63, 3.8) is 0 Å². The summed E-state index contributed by atoms with van der Waals surface area (Å²) in [4.78, 5) is 23.3. The molecular weight excluding hydrogens is 306 g/mol. The van der Waals surface area contributed by atoms with Crippen LogP contribution in [0.4, 0.5) is 0 Å². The molecule has 0 spiro atoms. The SMILES string of the molecule is Cn1cnc([C@@H]2CN(C(=O)c3cc4c(cn3)OCCC4)C[C@H]2N)c1. The van der Waals surface area contributed by atoms with Gasteiger partial charge in [-0.05, 0) is 24.5 Å². The molecule has 0 aromatic carbocycles. The summed E-state index contributed by atoms with van der Waals surface area (Å²) < 4.78 is 7.46. The fourth-order valence-electron chi connectivity index (χ4n) is 3.47. The summed E-state index contributed by atoms with van der Waals surface area (Å²) in [7, 11) is 1.93. The van der Waals surface area contributed by atoms with Crippen LogP contribution in [0.15, 0.2) is 24.8 Å². The monoisotopic (exact) mass is 327 g/mol. The molecule has 0 bridgehead atoms. The normalized spacial score (nSPS) is 23.0. The van der Waals surface area contributed by atoms with Crippen LogP contribution in [-0.2, 0) is 13.5 Å². The first-order chi connectivity index (χ1) is 11.6. The number of rotatable bonds is 2. The van der Waals surface area contributed by atoms with E-state index in [9.17, 15) is 4.79 Å². The van der Waals surface area contributed by atoms with E-state index < -0.39 is 0 Å². The molecule has 2 N–H and O–H groups in total. The topological polar surface area (TPSA) is 86.3 Å². The Labute approximate surface area is 140 Å². The average molecular weight is 327 g/mol. The smallest absolute Gasteiger partial charge is 0.272 e. The molecule has 1 fully saturated rings. The van der Waals surface area contributed by atoms with Crippen LogP contribution in [0.3, 0.4) is 0 Å². The molecule has 126 valence electrons. The molecule has 2 aliphatic rings. The molecule has 1 amide bonds. The van der Waals surface area contributed by atoms with Gasteiger partial charge in [-0.15, -0.1) is 0 Å². The van der Waals surface area contributed by atoms with Crippen LogP contribution < -0.4 is 10.5 Å². The number of amides is 1. The molecule has 24 heavy (non-hydrogen) atoms. The molecule has 4 heterocycles. The van der Waals surface area contributed by atoms with Gasteiger partial charge in [0.25, 0.3) is 5.91 Å². The van der Waals surface area contributed by atoms with E-state index in [1.807, 2.05) is 23.9 Å². The molecule has 7 nitrogen and oxygen atoms in total. The van der Waals surface area contributed by atoms with Gasteiger partial charge < -0.3 is 19.9 Å². The Morgan fingerprint density at radius 3 is 3.04 bits per heavy atom. The first kappa shape index (κ1) is 15.1. The van der Waals surface area contributed by atoms with E-state index in [1.165, 1.54) is 0 Å². The minimum Gasteiger partial charge on any atom is -0.492 e. The van der Waals surface area contributed by atoms with Crippen LogP contribution in [0.25, 0.3) is 0 Å². The van der Waals surface area contributed by atoms with Crippen molar-refractivity contribution < 1.29 is 9.53 Å². The van der Waals surface area contributed by atoms with Gasteiger partial charge >= 0.3 is 0 Å². The predicted octanol–water partition coefficient (Wildman–Crippen LogP) is 0.707. The van der Waals surface area contributed by atoms with Crippen molar-refractivity contribution in [2.45, 2.75) is 24.8 Å². The van der Waals surface area contributed by atoms with E-state index in [-0.39, 0.29) is 17.9 Å². The number of ether oxygens (including phenoxy) is 1. The van der Waals surface area contributed by atoms with E-state index in [4.69, 9.17) is 10.5 Å². The molecule has 0 saturated carbocycles. The molecule has 2 aromatic rings. The summed E-state index contributed by atoms with van der Waals surface area (Å²) in [6, 6.07) is 1.75. The molecule has 2 atom stereocenters. The summed E-state index contributed by atoms with van der Waals surface area (Å²) in [6.45, 7) is 1.82. The molecule has 1 saturated heterocycles. The van der Waals surface area contributed by atoms with Gasteiger partial charge in [-0.25, -0.2) is 9.97 Å². The van der Waals surface area contributed by atoms with E-state index >= 15 is 0 Å². The van der Waals surface area contributed by atoms with Crippen LogP contribution >= 0.6 is 0 Å². The van der Waals surface area contributed by atoms with Crippen LogP contribution in [0.5, 0.6) is 5.75 Å². The maximum absolute atomic E-state index is 12.8. The van der Waals surface area contributed by atoms with Crippen LogP contribution in [0, 0.1) is 0 Å². The van der Waals surface area contributed by atoms with Crippen molar-refractivity contribution in [2.75, 3.05) is 19.7 Å². The van der Waals surface area contributed by atoms with E-state index in [2.05, 4.69) is 9.97 Å². The van der Waals surface area contributed by atoms with Crippen molar-refractivity contribution in [1.29, 1.82) is 0 Å². The van der Waals surface area contributed by atoms with Crippen molar-refractivity contribution >= 4 is 5.91 Å². The Morgan fingerprint density at radius 1 is 1.38 bits per heavy atom. The standard InChI is InChI=1S/C17H21N5O2/c1-21-9-15(20-10-21)12-7-22(8-13(12)18)17(23)14-5-11-3-2-4-24-16(11)6-19-14/h5-6,9-10,12-13H,2-4,7-8,18H2,1H3/t12-,13-/m1/s1. The van der Waals surface area contributed by atoms with Crippen molar-refractivity contribution in [1.82, 2.24) is 19.4 Å². The fourth-order valence-corrected chi connectivity index (χ4v) is 3.47. The predicted molar refractivity (Wildman–Crippen MR) is 87.9 cm³/mol. The summed E-state index contributed by atoms with van der Waals surface area (Å²) in [5.74, 6) is 0.788. The summed E-state index contributed by atoms with van der Waals surface area (Å²) >= 11 is 0. The second-order valence-corrected chi connectivity index (χ2v) is 6.57. The van der Waals surface area contributed by atoms with Gasteiger partial charge in [0.15, 0.2) is 0 Å². The molecule has 2 aliphatic heterocycles. The average Bonchev–Trinajstić information content (AvgIpc) is 3.19. The highest BCUT2D eigenvalue weighted by molar-refractivity contribution is 5.93. The van der Waals surface area contributed by atoms with Crippen molar-refractivity contribution in [2.24, 2.45) is 12.8 Å². The molecule has 0 radical (unpaired) electrons. The van der Waals surface area contributed by atoms with E-state index in [1.54, 1.807) is 17.4 Å². The van der Waals surface area contributed by atoms with Crippen LogP contribution in [0.1, 0.15) is 34.1 Å². The second kappa shape index (κ2) is 5.90. The third-order valence-electron chi connectivity index (χ3n) is 4.77. The molecule has 7 heteroatoms. The van der Waals surface area contributed by atoms with Crippen LogP contribution in [-0.4, -0.2) is 51.1 Å².